The van der Waals surface area contributed by atoms with Crippen LogP contribution < -0.4 is 5.32 Å². The van der Waals surface area contributed by atoms with Gasteiger partial charge in [-0.15, -0.1) is 0 Å². The third kappa shape index (κ3) is 5.64. The predicted octanol–water partition coefficient (Wildman–Crippen LogP) is 0.998. The van der Waals surface area contributed by atoms with Gasteiger partial charge >= 0.3 is 11.9 Å². The van der Waals surface area contributed by atoms with Crippen LogP contribution in [0.4, 0.5) is 0 Å². The molecule has 0 saturated heterocycles. The zero-order valence-corrected chi connectivity index (χ0v) is 12.0. The number of carbonyl (C=O) groups is 3. The lowest BCUT2D eigenvalue weighted by molar-refractivity contribution is -0.145. The van der Waals surface area contributed by atoms with E-state index in [1.807, 2.05) is 6.07 Å². The Hall–Kier alpha value is -2.37. The number of rotatable bonds is 7. The minimum Gasteiger partial charge on any atom is -0.480 e. The van der Waals surface area contributed by atoms with Gasteiger partial charge in [-0.05, 0) is 5.56 Å². The zero-order valence-electron chi connectivity index (χ0n) is 12.0. The summed E-state index contributed by atoms with van der Waals surface area (Å²) >= 11 is 0. The van der Waals surface area contributed by atoms with Crippen LogP contribution in [-0.4, -0.2) is 36.1 Å². The van der Waals surface area contributed by atoms with Crippen molar-refractivity contribution in [3.8, 4) is 0 Å². The van der Waals surface area contributed by atoms with Crippen LogP contribution in [-0.2, 0) is 25.5 Å². The summed E-state index contributed by atoms with van der Waals surface area (Å²) in [6.45, 7) is 1.55. The summed E-state index contributed by atoms with van der Waals surface area (Å²) in [6, 6.07) is 7.99. The Labute approximate surface area is 123 Å². The molecular formula is C15H19NO5. The van der Waals surface area contributed by atoms with E-state index in [0.29, 0.717) is 0 Å². The van der Waals surface area contributed by atoms with Crippen LogP contribution in [0.2, 0.25) is 0 Å². The lowest BCUT2D eigenvalue weighted by atomic mass is 10.0. The number of hydrogen-bond acceptors (Lipinski definition) is 4. The van der Waals surface area contributed by atoms with Gasteiger partial charge < -0.3 is 15.2 Å². The molecule has 2 atom stereocenters. The van der Waals surface area contributed by atoms with E-state index in [0.717, 1.165) is 5.56 Å². The fourth-order valence-corrected chi connectivity index (χ4v) is 1.79. The van der Waals surface area contributed by atoms with Gasteiger partial charge in [-0.2, -0.15) is 0 Å². The molecule has 1 unspecified atom stereocenters. The highest BCUT2D eigenvalue weighted by molar-refractivity contribution is 5.87. The maximum absolute atomic E-state index is 11.9. The fourth-order valence-electron chi connectivity index (χ4n) is 1.79. The van der Waals surface area contributed by atoms with Crippen LogP contribution in [0.15, 0.2) is 30.3 Å². The summed E-state index contributed by atoms with van der Waals surface area (Å²) in [5.41, 5.74) is 0.811. The molecule has 0 saturated carbocycles. The second-order valence-electron chi connectivity index (χ2n) is 4.77. The second-order valence-corrected chi connectivity index (χ2v) is 4.77. The smallest absolute Gasteiger partial charge is 0.326 e. The Morgan fingerprint density at radius 1 is 1.24 bits per heavy atom. The van der Waals surface area contributed by atoms with Crippen LogP contribution in [0.5, 0.6) is 0 Å². The summed E-state index contributed by atoms with van der Waals surface area (Å²) in [6.07, 6.45) is 0.104. The molecule has 0 aliphatic carbocycles. The molecule has 0 heterocycles. The topological polar surface area (TPSA) is 92.7 Å². The molecule has 0 spiro atoms. The molecule has 6 nitrogen and oxygen atoms in total. The van der Waals surface area contributed by atoms with Gasteiger partial charge in [-0.1, -0.05) is 37.3 Å². The number of aliphatic carboxylic acids is 1. The van der Waals surface area contributed by atoms with Gasteiger partial charge in [0.25, 0.3) is 0 Å². The highest BCUT2D eigenvalue weighted by atomic mass is 16.5. The quantitative estimate of drug-likeness (QED) is 0.732. The maximum Gasteiger partial charge on any atom is 0.326 e. The molecule has 0 aromatic heterocycles. The third-order valence-corrected chi connectivity index (χ3v) is 3.05. The predicted molar refractivity (Wildman–Crippen MR) is 75.5 cm³/mol. The first kappa shape index (κ1) is 16.7. The highest BCUT2D eigenvalue weighted by Gasteiger charge is 2.24. The van der Waals surface area contributed by atoms with E-state index in [1.165, 1.54) is 7.11 Å². The van der Waals surface area contributed by atoms with Crippen molar-refractivity contribution in [3.05, 3.63) is 35.9 Å². The molecule has 0 aliphatic rings. The first-order chi connectivity index (χ1) is 9.93. The summed E-state index contributed by atoms with van der Waals surface area (Å²) in [7, 11) is 1.24. The van der Waals surface area contributed by atoms with E-state index in [1.54, 1.807) is 31.2 Å². The SMILES string of the molecule is COC(=O)CC(C)C(=O)N[C@@H](Cc1ccccc1)C(=O)O. The van der Waals surface area contributed by atoms with Crippen molar-refractivity contribution in [2.45, 2.75) is 25.8 Å². The van der Waals surface area contributed by atoms with Gasteiger partial charge in [0.15, 0.2) is 0 Å². The van der Waals surface area contributed by atoms with E-state index in [4.69, 9.17) is 0 Å². The van der Waals surface area contributed by atoms with Crippen LogP contribution in [0.3, 0.4) is 0 Å². The van der Waals surface area contributed by atoms with Gasteiger partial charge in [-0.25, -0.2) is 4.79 Å². The molecule has 1 aromatic rings. The van der Waals surface area contributed by atoms with Crippen molar-refractivity contribution in [3.63, 3.8) is 0 Å². The molecule has 0 aliphatic heterocycles. The molecule has 21 heavy (non-hydrogen) atoms. The number of carboxylic acid groups (broad SMARTS) is 1. The van der Waals surface area contributed by atoms with E-state index < -0.39 is 29.8 Å². The Balaban J connectivity index is 2.64. The van der Waals surface area contributed by atoms with Gasteiger partial charge in [0.2, 0.25) is 5.91 Å². The zero-order chi connectivity index (χ0) is 15.8. The van der Waals surface area contributed by atoms with E-state index in [9.17, 15) is 19.5 Å². The Morgan fingerprint density at radius 2 is 1.86 bits per heavy atom. The fraction of sp³-hybridized carbons (Fsp3) is 0.400. The first-order valence-electron chi connectivity index (χ1n) is 6.58. The number of ether oxygens (including phenoxy) is 1. The normalized spacial score (nSPS) is 13.0. The van der Waals surface area contributed by atoms with Crippen molar-refractivity contribution < 1.29 is 24.2 Å². The van der Waals surface area contributed by atoms with Crippen LogP contribution >= 0.6 is 0 Å². The molecule has 0 fully saturated rings. The van der Waals surface area contributed by atoms with Crippen LogP contribution in [0.1, 0.15) is 18.9 Å². The van der Waals surface area contributed by atoms with Crippen molar-refractivity contribution >= 4 is 17.8 Å². The average molecular weight is 293 g/mol. The number of esters is 1. The van der Waals surface area contributed by atoms with Crippen LogP contribution in [0, 0.1) is 5.92 Å². The summed E-state index contributed by atoms with van der Waals surface area (Å²) in [5.74, 6) is -2.75. The molecule has 0 bridgehead atoms. The number of nitrogens with one attached hydrogen (secondary N) is 1. The number of amides is 1. The van der Waals surface area contributed by atoms with Crippen molar-refractivity contribution in [1.29, 1.82) is 0 Å². The third-order valence-electron chi connectivity index (χ3n) is 3.05. The molecule has 1 amide bonds. The summed E-state index contributed by atoms with van der Waals surface area (Å²) in [5, 5.41) is 11.6. The van der Waals surface area contributed by atoms with Gasteiger partial charge in [-0.3, -0.25) is 9.59 Å². The summed E-state index contributed by atoms with van der Waals surface area (Å²) in [4.78, 5) is 34.3. The Kier molecular flexibility index (Phi) is 6.39. The van der Waals surface area contributed by atoms with Crippen molar-refractivity contribution in [2.75, 3.05) is 7.11 Å². The minimum absolute atomic E-state index is 0.0833. The number of methoxy groups -OCH3 is 1. The summed E-state index contributed by atoms with van der Waals surface area (Å²) < 4.78 is 4.48. The molecule has 114 valence electrons. The van der Waals surface area contributed by atoms with Crippen molar-refractivity contribution in [1.82, 2.24) is 5.32 Å². The molecule has 1 aromatic carbocycles. The largest absolute Gasteiger partial charge is 0.480 e. The number of benzene rings is 1. The number of carboxylic acids is 1. The van der Waals surface area contributed by atoms with E-state index >= 15 is 0 Å². The molecule has 0 radical (unpaired) electrons. The van der Waals surface area contributed by atoms with Gasteiger partial charge in [0.1, 0.15) is 6.04 Å². The number of hydrogen-bond donors (Lipinski definition) is 2. The second kappa shape index (κ2) is 8.04. The minimum atomic E-state index is -1.11. The average Bonchev–Trinajstić information content (AvgIpc) is 2.47. The van der Waals surface area contributed by atoms with E-state index in [-0.39, 0.29) is 12.8 Å². The Morgan fingerprint density at radius 3 is 2.38 bits per heavy atom. The standard InChI is InChI=1S/C15H19NO5/c1-10(8-13(17)21-2)14(18)16-12(15(19)20)9-11-6-4-3-5-7-11/h3-7,10,12H,8-9H2,1-2H3,(H,16,18)(H,19,20)/t10?,12-/m0/s1. The monoisotopic (exact) mass is 293 g/mol. The van der Waals surface area contributed by atoms with E-state index in [2.05, 4.69) is 10.1 Å². The van der Waals surface area contributed by atoms with Crippen LogP contribution in [0.25, 0.3) is 0 Å². The Bertz CT molecular complexity index is 500. The highest BCUT2D eigenvalue weighted by Crippen LogP contribution is 2.07. The van der Waals surface area contributed by atoms with Gasteiger partial charge in [0, 0.05) is 12.3 Å². The van der Waals surface area contributed by atoms with Crippen molar-refractivity contribution in [2.24, 2.45) is 5.92 Å². The maximum atomic E-state index is 11.9. The molecule has 2 N–H and O–H groups in total. The van der Waals surface area contributed by atoms with Gasteiger partial charge in [0.05, 0.1) is 13.5 Å². The molecular weight excluding hydrogens is 274 g/mol. The first-order valence-corrected chi connectivity index (χ1v) is 6.58. The molecule has 6 heteroatoms. The molecule has 1 rings (SSSR count). The number of carbonyl (C=O) groups excluding carboxylic acids is 2. The lowest BCUT2D eigenvalue weighted by Gasteiger charge is -2.17. The lowest BCUT2D eigenvalue weighted by Crippen LogP contribution is -2.44.